The second kappa shape index (κ2) is 7.55. The number of hydrogen-bond acceptors (Lipinski definition) is 4. The maximum Gasteiger partial charge on any atom is 0.308 e. The van der Waals surface area contributed by atoms with Gasteiger partial charge in [-0.1, -0.05) is 31.4 Å². The third-order valence-electron chi connectivity index (χ3n) is 4.83. The predicted molar refractivity (Wildman–Crippen MR) is 87.1 cm³/mol. The van der Waals surface area contributed by atoms with E-state index in [9.17, 15) is 14.7 Å². The van der Waals surface area contributed by atoms with Crippen molar-refractivity contribution in [3.8, 4) is 11.5 Å². The number of aliphatic carboxylic acids is 1. The van der Waals surface area contributed by atoms with Crippen molar-refractivity contribution in [2.45, 2.75) is 38.2 Å². The molecule has 2 unspecified atom stereocenters. The molecule has 1 saturated carbocycles. The van der Waals surface area contributed by atoms with Gasteiger partial charge in [-0.3, -0.25) is 9.59 Å². The molecule has 1 aliphatic carbocycles. The first-order valence-corrected chi connectivity index (χ1v) is 8.54. The fourth-order valence-electron chi connectivity index (χ4n) is 3.47. The Balaban J connectivity index is 1.55. The monoisotopic (exact) mass is 333 g/mol. The van der Waals surface area contributed by atoms with E-state index < -0.39 is 18.0 Å². The highest BCUT2D eigenvalue weighted by Crippen LogP contribution is 2.31. The number of fused-ring (bicyclic) bond motifs is 1. The second-order valence-electron chi connectivity index (χ2n) is 6.45. The number of ether oxygens (including phenoxy) is 2. The minimum absolute atomic E-state index is 0.129. The molecule has 6 heteroatoms. The van der Waals surface area contributed by atoms with Crippen LogP contribution in [0.3, 0.4) is 0 Å². The lowest BCUT2D eigenvalue weighted by Crippen LogP contribution is -2.47. The van der Waals surface area contributed by atoms with Gasteiger partial charge in [0.2, 0.25) is 6.10 Å². The largest absolute Gasteiger partial charge is 0.485 e. The molecule has 2 N–H and O–H groups in total. The normalized spacial score (nSPS) is 21.8. The van der Waals surface area contributed by atoms with Crippen LogP contribution in [0.1, 0.15) is 32.1 Å². The summed E-state index contributed by atoms with van der Waals surface area (Å²) in [5, 5.41) is 12.2. The molecular formula is C18H23NO5. The van der Waals surface area contributed by atoms with Crippen LogP contribution in [0.4, 0.5) is 0 Å². The Hall–Kier alpha value is -2.24. The van der Waals surface area contributed by atoms with Gasteiger partial charge in [0.1, 0.15) is 6.61 Å². The molecule has 2 atom stereocenters. The molecule has 1 fully saturated rings. The van der Waals surface area contributed by atoms with Crippen molar-refractivity contribution in [1.82, 2.24) is 5.32 Å². The number of amides is 1. The summed E-state index contributed by atoms with van der Waals surface area (Å²) in [5.41, 5.74) is 0. The first-order valence-electron chi connectivity index (χ1n) is 8.54. The van der Waals surface area contributed by atoms with Gasteiger partial charge in [-0.05, 0) is 30.9 Å². The van der Waals surface area contributed by atoms with Crippen LogP contribution in [0.2, 0.25) is 0 Å². The molecule has 0 aromatic heterocycles. The number of benzene rings is 1. The Labute approximate surface area is 141 Å². The molecule has 1 aliphatic heterocycles. The van der Waals surface area contributed by atoms with E-state index in [0.717, 1.165) is 25.7 Å². The molecule has 3 rings (SSSR count). The zero-order chi connectivity index (χ0) is 16.9. The molecular weight excluding hydrogens is 310 g/mol. The van der Waals surface area contributed by atoms with Crippen molar-refractivity contribution in [3.63, 3.8) is 0 Å². The van der Waals surface area contributed by atoms with Gasteiger partial charge in [-0.2, -0.15) is 0 Å². The number of rotatable bonds is 5. The summed E-state index contributed by atoms with van der Waals surface area (Å²) in [6, 6.07) is 7.18. The van der Waals surface area contributed by atoms with Crippen LogP contribution in [0, 0.1) is 11.8 Å². The maximum absolute atomic E-state index is 12.3. The third-order valence-corrected chi connectivity index (χ3v) is 4.83. The Kier molecular flexibility index (Phi) is 5.23. The average molecular weight is 333 g/mol. The first kappa shape index (κ1) is 16.6. The predicted octanol–water partition coefficient (Wildman–Crippen LogP) is 2.22. The minimum Gasteiger partial charge on any atom is -0.485 e. The fraction of sp³-hybridized carbons (Fsp3) is 0.556. The fourth-order valence-corrected chi connectivity index (χ4v) is 3.47. The van der Waals surface area contributed by atoms with Crippen LogP contribution in [0.5, 0.6) is 11.5 Å². The summed E-state index contributed by atoms with van der Waals surface area (Å²) in [7, 11) is 0. The van der Waals surface area contributed by atoms with Crippen LogP contribution in [0.25, 0.3) is 0 Å². The van der Waals surface area contributed by atoms with Crippen LogP contribution >= 0.6 is 0 Å². The Bertz CT molecular complexity index is 597. The molecule has 24 heavy (non-hydrogen) atoms. The van der Waals surface area contributed by atoms with Gasteiger partial charge >= 0.3 is 5.97 Å². The van der Waals surface area contributed by atoms with E-state index in [2.05, 4.69) is 5.32 Å². The highest BCUT2D eigenvalue weighted by molar-refractivity contribution is 5.82. The van der Waals surface area contributed by atoms with Gasteiger partial charge in [-0.25, -0.2) is 0 Å². The lowest BCUT2D eigenvalue weighted by atomic mass is 9.80. The molecule has 1 aromatic carbocycles. The van der Waals surface area contributed by atoms with Gasteiger partial charge in [0.15, 0.2) is 11.5 Å². The van der Waals surface area contributed by atoms with Gasteiger partial charge in [0, 0.05) is 6.54 Å². The number of carboxylic acid groups (broad SMARTS) is 1. The maximum atomic E-state index is 12.3. The quantitative estimate of drug-likeness (QED) is 0.863. The smallest absolute Gasteiger partial charge is 0.308 e. The SMILES string of the molecule is O=C(NCC(C(=O)O)C1CCCCC1)C1COc2ccccc2O1. The van der Waals surface area contributed by atoms with E-state index in [4.69, 9.17) is 9.47 Å². The summed E-state index contributed by atoms with van der Waals surface area (Å²) in [5.74, 6) is -0.412. The van der Waals surface area contributed by atoms with Gasteiger partial charge in [-0.15, -0.1) is 0 Å². The van der Waals surface area contributed by atoms with E-state index >= 15 is 0 Å². The highest BCUT2D eigenvalue weighted by atomic mass is 16.6. The van der Waals surface area contributed by atoms with Gasteiger partial charge < -0.3 is 19.9 Å². The number of carboxylic acids is 1. The zero-order valence-corrected chi connectivity index (χ0v) is 13.6. The number of carbonyl (C=O) groups is 2. The molecule has 0 spiro atoms. The van der Waals surface area contributed by atoms with Crippen molar-refractivity contribution < 1.29 is 24.2 Å². The zero-order valence-electron chi connectivity index (χ0n) is 13.6. The lowest BCUT2D eigenvalue weighted by molar-refractivity contribution is -0.144. The van der Waals surface area contributed by atoms with E-state index in [-0.39, 0.29) is 25.0 Å². The van der Waals surface area contributed by atoms with E-state index in [1.54, 1.807) is 12.1 Å². The summed E-state index contributed by atoms with van der Waals surface area (Å²) in [4.78, 5) is 23.9. The van der Waals surface area contributed by atoms with Crippen LogP contribution in [0.15, 0.2) is 24.3 Å². The Morgan fingerprint density at radius 2 is 1.88 bits per heavy atom. The van der Waals surface area contributed by atoms with Crippen molar-refractivity contribution in [1.29, 1.82) is 0 Å². The molecule has 0 bridgehead atoms. The molecule has 6 nitrogen and oxygen atoms in total. The lowest BCUT2D eigenvalue weighted by Gasteiger charge is -2.29. The topological polar surface area (TPSA) is 84.9 Å². The number of carbonyl (C=O) groups excluding carboxylic acids is 1. The molecule has 2 aliphatic rings. The first-order chi connectivity index (χ1) is 11.6. The Morgan fingerprint density at radius 1 is 1.17 bits per heavy atom. The van der Waals surface area contributed by atoms with Crippen LogP contribution in [-0.2, 0) is 9.59 Å². The third kappa shape index (κ3) is 3.80. The van der Waals surface area contributed by atoms with Crippen LogP contribution < -0.4 is 14.8 Å². The standard InChI is InChI=1S/C18H23NO5/c20-17(16-11-23-14-8-4-5-9-15(14)24-16)19-10-13(18(21)22)12-6-2-1-3-7-12/h4-5,8-9,12-13,16H,1-3,6-7,10-11H2,(H,19,20)(H,21,22). The van der Waals surface area contributed by atoms with Crippen molar-refractivity contribution in [2.75, 3.05) is 13.2 Å². The summed E-state index contributed by atoms with van der Waals surface area (Å²) < 4.78 is 11.2. The molecule has 130 valence electrons. The highest BCUT2D eigenvalue weighted by Gasteiger charge is 2.32. The van der Waals surface area contributed by atoms with E-state index in [1.165, 1.54) is 6.42 Å². The molecule has 1 aromatic rings. The summed E-state index contributed by atoms with van der Waals surface area (Å²) in [6.45, 7) is 0.268. The summed E-state index contributed by atoms with van der Waals surface area (Å²) in [6.07, 6.45) is 4.40. The molecule has 0 saturated heterocycles. The van der Waals surface area contributed by atoms with Crippen molar-refractivity contribution >= 4 is 11.9 Å². The van der Waals surface area contributed by atoms with Gasteiger partial charge in [0.25, 0.3) is 5.91 Å². The van der Waals surface area contributed by atoms with Gasteiger partial charge in [0.05, 0.1) is 5.92 Å². The van der Waals surface area contributed by atoms with E-state index in [0.29, 0.717) is 11.5 Å². The molecule has 0 radical (unpaired) electrons. The van der Waals surface area contributed by atoms with Crippen LogP contribution in [-0.4, -0.2) is 36.2 Å². The number of nitrogens with one attached hydrogen (secondary N) is 1. The Morgan fingerprint density at radius 3 is 2.58 bits per heavy atom. The molecule has 1 amide bonds. The minimum atomic E-state index is -0.839. The van der Waals surface area contributed by atoms with Crippen molar-refractivity contribution in [2.24, 2.45) is 11.8 Å². The number of hydrogen-bond donors (Lipinski definition) is 2. The van der Waals surface area contributed by atoms with E-state index in [1.807, 2.05) is 12.1 Å². The van der Waals surface area contributed by atoms with Crippen molar-refractivity contribution in [3.05, 3.63) is 24.3 Å². The molecule has 1 heterocycles. The average Bonchev–Trinajstić information content (AvgIpc) is 2.62. The second-order valence-corrected chi connectivity index (χ2v) is 6.45. The summed E-state index contributed by atoms with van der Waals surface area (Å²) >= 11 is 0. The number of para-hydroxylation sites is 2.